The molecular formula is C38H42N8O4. The molecule has 4 aliphatic rings. The molecule has 4 aromatic rings. The second-order valence-corrected chi connectivity index (χ2v) is 15.3. The van der Waals surface area contributed by atoms with E-state index >= 15 is 0 Å². The fourth-order valence-electron chi connectivity index (χ4n) is 7.79. The first-order chi connectivity index (χ1) is 24.1. The van der Waals surface area contributed by atoms with Gasteiger partial charge < -0.3 is 20.1 Å². The van der Waals surface area contributed by atoms with Crippen LogP contribution in [0, 0.1) is 10.8 Å². The highest BCUT2D eigenvalue weighted by Crippen LogP contribution is 2.46. The van der Waals surface area contributed by atoms with Crippen molar-refractivity contribution in [3.8, 4) is 11.5 Å². The number of Topliss-reactive ketones (excluding diaryl/α,β-unsaturated/α-hetero) is 2. The summed E-state index contributed by atoms with van der Waals surface area (Å²) < 4.78 is 15.7. The number of allylic oxidation sites excluding steroid dienone is 4. The summed E-state index contributed by atoms with van der Waals surface area (Å²) in [6.07, 6.45) is 7.30. The van der Waals surface area contributed by atoms with E-state index in [-0.39, 0.29) is 34.5 Å². The van der Waals surface area contributed by atoms with Crippen molar-refractivity contribution in [2.75, 3.05) is 23.8 Å². The van der Waals surface area contributed by atoms with Gasteiger partial charge in [0.05, 0.1) is 13.2 Å². The van der Waals surface area contributed by atoms with Gasteiger partial charge in [-0.05, 0) is 71.9 Å². The summed E-state index contributed by atoms with van der Waals surface area (Å²) in [5, 5.41) is 15.6. The molecule has 12 heteroatoms. The summed E-state index contributed by atoms with van der Waals surface area (Å²) >= 11 is 0. The number of ether oxygens (including phenoxy) is 2. The quantitative estimate of drug-likeness (QED) is 0.191. The van der Waals surface area contributed by atoms with Gasteiger partial charge in [-0.2, -0.15) is 20.2 Å². The Labute approximate surface area is 291 Å². The van der Waals surface area contributed by atoms with E-state index in [1.165, 1.54) is 12.7 Å². The Hall–Kier alpha value is -5.26. The molecule has 2 aromatic heterocycles. The molecule has 0 radical (unpaired) electrons. The minimum Gasteiger partial charge on any atom is -0.494 e. The normalized spacial score (nSPS) is 21.8. The largest absolute Gasteiger partial charge is 0.494 e. The number of carbonyl (C=O) groups is 2. The number of fused-ring (bicyclic) bond motifs is 2. The SMILES string of the molecule is CC1(C)CC(=O)C2=C(C1)Nc1ncnn1C2c1ccc(OCCCCOc2ccc(C3C4=C(CC(C)(C)CC4=O)Nc4ncnn43)cc2)cc1. The van der Waals surface area contributed by atoms with Crippen molar-refractivity contribution in [2.24, 2.45) is 10.8 Å². The first-order valence-corrected chi connectivity index (χ1v) is 17.4. The fraction of sp³-hybridized carbons (Fsp3) is 0.421. The Kier molecular flexibility index (Phi) is 7.84. The van der Waals surface area contributed by atoms with E-state index in [9.17, 15) is 9.59 Å². The molecular weight excluding hydrogens is 632 g/mol. The molecule has 2 N–H and O–H groups in total. The summed E-state index contributed by atoms with van der Waals surface area (Å²) in [5.41, 5.74) is 5.18. The summed E-state index contributed by atoms with van der Waals surface area (Å²) in [7, 11) is 0. The number of hydrogen-bond acceptors (Lipinski definition) is 10. The summed E-state index contributed by atoms with van der Waals surface area (Å²) in [6.45, 7) is 9.61. The maximum atomic E-state index is 13.3. The number of benzene rings is 2. The molecule has 0 spiro atoms. The third-order valence-electron chi connectivity index (χ3n) is 10.0. The monoisotopic (exact) mass is 674 g/mol. The van der Waals surface area contributed by atoms with Gasteiger partial charge in [-0.25, -0.2) is 9.36 Å². The number of rotatable bonds is 9. The van der Waals surface area contributed by atoms with Crippen LogP contribution in [0.2, 0.25) is 0 Å². The molecule has 0 bridgehead atoms. The van der Waals surface area contributed by atoms with Crippen LogP contribution in [0.3, 0.4) is 0 Å². The van der Waals surface area contributed by atoms with Crippen LogP contribution in [-0.2, 0) is 9.59 Å². The molecule has 0 saturated carbocycles. The third kappa shape index (κ3) is 5.96. The van der Waals surface area contributed by atoms with Gasteiger partial charge in [-0.3, -0.25) is 9.59 Å². The van der Waals surface area contributed by atoms with Crippen LogP contribution in [0.1, 0.15) is 89.4 Å². The van der Waals surface area contributed by atoms with Gasteiger partial charge in [0.1, 0.15) is 36.2 Å². The minimum atomic E-state index is -0.316. The van der Waals surface area contributed by atoms with E-state index in [2.05, 4.69) is 58.5 Å². The van der Waals surface area contributed by atoms with Gasteiger partial charge in [0.25, 0.3) is 0 Å². The molecule has 2 unspecified atom stereocenters. The zero-order chi connectivity index (χ0) is 34.6. The van der Waals surface area contributed by atoms with Crippen molar-refractivity contribution in [2.45, 2.75) is 78.3 Å². The first-order valence-electron chi connectivity index (χ1n) is 17.4. The van der Waals surface area contributed by atoms with Crippen molar-refractivity contribution in [3.05, 3.63) is 94.9 Å². The zero-order valence-electron chi connectivity index (χ0n) is 28.9. The standard InChI is InChI=1S/C38H42N8O4/c1-37(2)17-27-31(29(47)19-37)33(45-35(43-27)39-21-41-45)23-7-11-25(12-8-23)49-15-5-6-16-50-26-13-9-24(10-14-26)34-32-28(18-38(3,4)20-30(32)48)44-36-40-22-42-46(34)36/h7-14,21-22,33-34H,5-6,15-20H2,1-4H3,(H,39,41,43)(H,40,42,44). The maximum Gasteiger partial charge on any atom is 0.226 e. The number of carbonyl (C=O) groups excluding carboxylic acids is 2. The van der Waals surface area contributed by atoms with E-state index < -0.39 is 0 Å². The first kappa shape index (κ1) is 32.0. The average Bonchev–Trinajstić information content (AvgIpc) is 3.73. The van der Waals surface area contributed by atoms with Crippen LogP contribution < -0.4 is 20.1 Å². The molecule has 258 valence electrons. The lowest BCUT2D eigenvalue weighted by molar-refractivity contribution is -0.119. The molecule has 12 nitrogen and oxygen atoms in total. The molecule has 4 heterocycles. The fourth-order valence-corrected chi connectivity index (χ4v) is 7.79. The topological polar surface area (TPSA) is 138 Å². The van der Waals surface area contributed by atoms with E-state index in [1.807, 2.05) is 48.5 Å². The molecule has 0 amide bonds. The van der Waals surface area contributed by atoms with Crippen LogP contribution in [0.25, 0.3) is 0 Å². The number of nitrogens with zero attached hydrogens (tertiary/aromatic N) is 6. The molecule has 8 rings (SSSR count). The van der Waals surface area contributed by atoms with Crippen LogP contribution in [0.5, 0.6) is 11.5 Å². The van der Waals surface area contributed by atoms with Crippen LogP contribution >= 0.6 is 0 Å². The van der Waals surface area contributed by atoms with Gasteiger partial charge in [0.15, 0.2) is 11.6 Å². The Morgan fingerprint density at radius 2 is 1.04 bits per heavy atom. The van der Waals surface area contributed by atoms with E-state index in [0.717, 1.165) is 70.8 Å². The van der Waals surface area contributed by atoms with Gasteiger partial charge >= 0.3 is 0 Å². The summed E-state index contributed by atoms with van der Waals surface area (Å²) in [4.78, 5) is 35.4. The predicted molar refractivity (Wildman–Crippen MR) is 187 cm³/mol. The number of hydrogen-bond donors (Lipinski definition) is 2. The Morgan fingerprint density at radius 1 is 0.640 bits per heavy atom. The highest BCUT2D eigenvalue weighted by molar-refractivity contribution is 6.00. The van der Waals surface area contributed by atoms with Crippen molar-refractivity contribution in [3.63, 3.8) is 0 Å². The van der Waals surface area contributed by atoms with E-state index in [0.29, 0.717) is 38.0 Å². The smallest absolute Gasteiger partial charge is 0.226 e. The second kappa shape index (κ2) is 12.3. The van der Waals surface area contributed by atoms with E-state index in [4.69, 9.17) is 9.47 Å². The van der Waals surface area contributed by atoms with Crippen LogP contribution in [0.15, 0.2) is 83.7 Å². The van der Waals surface area contributed by atoms with Gasteiger partial charge in [0, 0.05) is 35.4 Å². The van der Waals surface area contributed by atoms with E-state index in [1.54, 1.807) is 9.36 Å². The van der Waals surface area contributed by atoms with Crippen LogP contribution in [-0.4, -0.2) is 54.3 Å². The Morgan fingerprint density at radius 3 is 1.44 bits per heavy atom. The second-order valence-electron chi connectivity index (χ2n) is 15.3. The van der Waals surface area contributed by atoms with Crippen molar-refractivity contribution < 1.29 is 19.1 Å². The van der Waals surface area contributed by atoms with Crippen molar-refractivity contribution in [1.82, 2.24) is 29.5 Å². The number of ketones is 2. The Balaban J connectivity index is 0.851. The molecule has 2 aliphatic heterocycles. The number of aromatic nitrogens is 6. The minimum absolute atomic E-state index is 0.0994. The van der Waals surface area contributed by atoms with Crippen LogP contribution in [0.4, 0.5) is 11.9 Å². The molecule has 0 fully saturated rings. The van der Waals surface area contributed by atoms with Crippen molar-refractivity contribution in [1.29, 1.82) is 0 Å². The molecule has 0 saturated heterocycles. The Bertz CT molecular complexity index is 1870. The zero-order valence-corrected chi connectivity index (χ0v) is 28.9. The third-order valence-corrected chi connectivity index (χ3v) is 10.0. The predicted octanol–water partition coefficient (Wildman–Crippen LogP) is 6.42. The van der Waals surface area contributed by atoms with Gasteiger partial charge in [-0.1, -0.05) is 52.0 Å². The molecule has 2 atom stereocenters. The number of nitrogens with one attached hydrogen (secondary N) is 2. The number of unbranched alkanes of at least 4 members (excludes halogenated alkanes) is 1. The lowest BCUT2D eigenvalue weighted by atomic mass is 9.73. The lowest BCUT2D eigenvalue weighted by Crippen LogP contribution is -2.36. The summed E-state index contributed by atoms with van der Waals surface area (Å²) in [5.74, 6) is 3.15. The maximum absolute atomic E-state index is 13.3. The highest BCUT2D eigenvalue weighted by Gasteiger charge is 2.43. The molecule has 2 aliphatic carbocycles. The molecule has 2 aromatic carbocycles. The average molecular weight is 675 g/mol. The molecule has 50 heavy (non-hydrogen) atoms. The number of anilines is 2. The van der Waals surface area contributed by atoms with Crippen molar-refractivity contribution >= 4 is 23.5 Å². The van der Waals surface area contributed by atoms with Gasteiger partial charge in [-0.15, -0.1) is 0 Å². The summed E-state index contributed by atoms with van der Waals surface area (Å²) in [6, 6.07) is 15.2. The highest BCUT2D eigenvalue weighted by atomic mass is 16.5. The lowest BCUT2D eigenvalue weighted by Gasteiger charge is -2.38. The van der Waals surface area contributed by atoms with Gasteiger partial charge in [0.2, 0.25) is 11.9 Å².